The van der Waals surface area contributed by atoms with Crippen LogP contribution in [0.4, 0.5) is 10.2 Å². The summed E-state index contributed by atoms with van der Waals surface area (Å²) in [6.45, 7) is 4.21. The molecule has 0 fully saturated rings. The first-order chi connectivity index (χ1) is 9.08. The molecule has 5 nitrogen and oxygen atoms in total. The van der Waals surface area contributed by atoms with Crippen LogP contribution in [0, 0.1) is 11.7 Å². The van der Waals surface area contributed by atoms with E-state index in [9.17, 15) is 4.39 Å². The fraction of sp³-hybridized carbons (Fsp3) is 0.308. The minimum absolute atomic E-state index is 0.390. The number of nitrogens with one attached hydrogen (secondary N) is 1. The number of pyridine rings is 1. The van der Waals surface area contributed by atoms with Gasteiger partial charge in [-0.25, -0.2) is 25.2 Å². The highest BCUT2D eigenvalue weighted by Crippen LogP contribution is 2.17. The van der Waals surface area contributed by atoms with Gasteiger partial charge in [-0.3, -0.25) is 0 Å². The van der Waals surface area contributed by atoms with Crippen LogP contribution in [-0.4, -0.2) is 15.0 Å². The molecule has 0 saturated heterocycles. The van der Waals surface area contributed by atoms with Crippen molar-refractivity contribution in [1.29, 1.82) is 0 Å². The first-order valence-corrected chi connectivity index (χ1v) is 6.05. The molecule has 0 aliphatic heterocycles. The molecule has 19 heavy (non-hydrogen) atoms. The standard InChI is InChI=1S/C13H16FN5/c1-8(2)5-10-6-12(19-15)18-13(17-10)11-4-3-9(14)7-16-11/h3-4,6-8H,5,15H2,1-2H3,(H,17,18,19). The van der Waals surface area contributed by atoms with Gasteiger partial charge >= 0.3 is 0 Å². The average molecular weight is 261 g/mol. The average Bonchev–Trinajstić information content (AvgIpc) is 2.38. The Hall–Kier alpha value is -2.08. The van der Waals surface area contributed by atoms with Crippen LogP contribution in [-0.2, 0) is 6.42 Å². The van der Waals surface area contributed by atoms with E-state index in [0.717, 1.165) is 18.3 Å². The molecule has 0 unspecified atom stereocenters. The van der Waals surface area contributed by atoms with Crippen molar-refractivity contribution in [1.82, 2.24) is 15.0 Å². The van der Waals surface area contributed by atoms with E-state index < -0.39 is 0 Å². The van der Waals surface area contributed by atoms with Crippen molar-refractivity contribution in [2.45, 2.75) is 20.3 Å². The third kappa shape index (κ3) is 3.45. The highest BCUT2D eigenvalue weighted by Gasteiger charge is 2.09. The molecule has 6 heteroatoms. The summed E-state index contributed by atoms with van der Waals surface area (Å²) in [5, 5.41) is 0. The maximum absolute atomic E-state index is 12.9. The number of hydrogen-bond donors (Lipinski definition) is 2. The Balaban J connectivity index is 2.41. The second kappa shape index (κ2) is 5.71. The third-order valence-electron chi connectivity index (χ3n) is 2.50. The minimum Gasteiger partial charge on any atom is -0.308 e. The van der Waals surface area contributed by atoms with Gasteiger partial charge in [-0.15, -0.1) is 0 Å². The summed E-state index contributed by atoms with van der Waals surface area (Å²) >= 11 is 0. The topological polar surface area (TPSA) is 76.7 Å². The number of nitrogens with two attached hydrogens (primary N) is 1. The molecule has 2 aromatic heterocycles. The van der Waals surface area contributed by atoms with E-state index >= 15 is 0 Å². The van der Waals surface area contributed by atoms with Crippen LogP contribution < -0.4 is 11.3 Å². The van der Waals surface area contributed by atoms with E-state index in [1.165, 1.54) is 6.07 Å². The Bertz CT molecular complexity index is 553. The van der Waals surface area contributed by atoms with Gasteiger partial charge in [-0.1, -0.05) is 13.8 Å². The number of rotatable bonds is 4. The number of hydrazine groups is 1. The summed E-state index contributed by atoms with van der Waals surface area (Å²) in [5.74, 6) is 6.43. The van der Waals surface area contributed by atoms with Gasteiger partial charge in [0.25, 0.3) is 0 Å². The molecule has 0 aromatic carbocycles. The molecular formula is C13H16FN5. The maximum atomic E-state index is 12.9. The second-order valence-electron chi connectivity index (χ2n) is 4.67. The summed E-state index contributed by atoms with van der Waals surface area (Å²) in [7, 11) is 0. The summed E-state index contributed by atoms with van der Waals surface area (Å²) in [5.41, 5.74) is 3.90. The normalized spacial score (nSPS) is 10.8. The van der Waals surface area contributed by atoms with Gasteiger partial charge in [0.05, 0.1) is 6.20 Å². The fourth-order valence-corrected chi connectivity index (χ4v) is 1.72. The number of nitrogen functional groups attached to an aromatic ring is 1. The van der Waals surface area contributed by atoms with Gasteiger partial charge < -0.3 is 5.43 Å². The van der Waals surface area contributed by atoms with Crippen molar-refractivity contribution >= 4 is 5.82 Å². The number of aromatic nitrogens is 3. The van der Waals surface area contributed by atoms with E-state index in [4.69, 9.17) is 5.84 Å². The molecule has 0 spiro atoms. The molecule has 100 valence electrons. The fourth-order valence-electron chi connectivity index (χ4n) is 1.72. The van der Waals surface area contributed by atoms with Crippen molar-refractivity contribution in [3.63, 3.8) is 0 Å². The molecule has 2 rings (SSSR count). The molecule has 3 N–H and O–H groups in total. The second-order valence-corrected chi connectivity index (χ2v) is 4.67. The zero-order valence-corrected chi connectivity index (χ0v) is 10.9. The Morgan fingerprint density at radius 2 is 2.11 bits per heavy atom. The van der Waals surface area contributed by atoms with Crippen LogP contribution in [0.2, 0.25) is 0 Å². The van der Waals surface area contributed by atoms with Gasteiger partial charge in [-0.05, 0) is 24.5 Å². The highest BCUT2D eigenvalue weighted by molar-refractivity contribution is 5.52. The largest absolute Gasteiger partial charge is 0.308 e. The lowest BCUT2D eigenvalue weighted by Gasteiger charge is -2.09. The predicted octanol–water partition coefficient (Wildman–Crippen LogP) is 2.16. The van der Waals surface area contributed by atoms with Crippen molar-refractivity contribution in [2.75, 3.05) is 5.43 Å². The van der Waals surface area contributed by atoms with Gasteiger partial charge in [0.2, 0.25) is 0 Å². The molecule has 0 aliphatic carbocycles. The Kier molecular flexibility index (Phi) is 4.01. The van der Waals surface area contributed by atoms with Crippen molar-refractivity contribution in [2.24, 2.45) is 11.8 Å². The van der Waals surface area contributed by atoms with Gasteiger partial charge in [0.1, 0.15) is 17.3 Å². The summed E-state index contributed by atoms with van der Waals surface area (Å²) < 4.78 is 12.9. The summed E-state index contributed by atoms with van der Waals surface area (Å²) in [6, 6.07) is 4.67. The minimum atomic E-state index is -0.390. The van der Waals surface area contributed by atoms with Crippen molar-refractivity contribution < 1.29 is 4.39 Å². The Morgan fingerprint density at radius 3 is 2.68 bits per heavy atom. The van der Waals surface area contributed by atoms with E-state index in [0.29, 0.717) is 23.3 Å². The van der Waals surface area contributed by atoms with Crippen LogP contribution in [0.15, 0.2) is 24.4 Å². The van der Waals surface area contributed by atoms with Crippen molar-refractivity contribution in [3.05, 3.63) is 35.9 Å². The first-order valence-electron chi connectivity index (χ1n) is 6.05. The lowest BCUT2D eigenvalue weighted by molar-refractivity contribution is 0.621. The number of hydrogen-bond acceptors (Lipinski definition) is 5. The van der Waals surface area contributed by atoms with E-state index in [2.05, 4.69) is 34.2 Å². The molecular weight excluding hydrogens is 245 g/mol. The van der Waals surface area contributed by atoms with Crippen LogP contribution in [0.5, 0.6) is 0 Å². The van der Waals surface area contributed by atoms with Crippen LogP contribution >= 0.6 is 0 Å². The summed E-state index contributed by atoms with van der Waals surface area (Å²) in [6.07, 6.45) is 1.95. The first kappa shape index (κ1) is 13.4. The predicted molar refractivity (Wildman–Crippen MR) is 71.6 cm³/mol. The third-order valence-corrected chi connectivity index (χ3v) is 2.50. The Labute approximate surface area is 111 Å². The molecule has 0 amide bonds. The smallest absolute Gasteiger partial charge is 0.180 e. The zero-order chi connectivity index (χ0) is 13.8. The van der Waals surface area contributed by atoms with Crippen molar-refractivity contribution in [3.8, 4) is 11.5 Å². The highest BCUT2D eigenvalue weighted by atomic mass is 19.1. The summed E-state index contributed by atoms with van der Waals surface area (Å²) in [4.78, 5) is 12.6. The van der Waals surface area contributed by atoms with Crippen LogP contribution in [0.25, 0.3) is 11.5 Å². The SMILES string of the molecule is CC(C)Cc1cc(NN)nc(-c2ccc(F)cn2)n1. The zero-order valence-electron chi connectivity index (χ0n) is 10.9. The number of halogens is 1. The van der Waals surface area contributed by atoms with Gasteiger partial charge in [0, 0.05) is 11.8 Å². The molecule has 0 radical (unpaired) electrons. The van der Waals surface area contributed by atoms with Crippen LogP contribution in [0.3, 0.4) is 0 Å². The lowest BCUT2D eigenvalue weighted by Crippen LogP contribution is -2.11. The van der Waals surface area contributed by atoms with E-state index in [1.54, 1.807) is 12.1 Å². The van der Waals surface area contributed by atoms with Gasteiger partial charge in [0.15, 0.2) is 5.82 Å². The number of nitrogens with zero attached hydrogens (tertiary/aromatic N) is 3. The molecule has 0 bridgehead atoms. The van der Waals surface area contributed by atoms with E-state index in [1.807, 2.05) is 0 Å². The lowest BCUT2D eigenvalue weighted by atomic mass is 10.1. The molecule has 0 aliphatic rings. The van der Waals surface area contributed by atoms with Gasteiger partial charge in [-0.2, -0.15) is 0 Å². The molecule has 2 aromatic rings. The van der Waals surface area contributed by atoms with Crippen LogP contribution in [0.1, 0.15) is 19.5 Å². The number of anilines is 1. The molecule has 0 atom stereocenters. The molecule has 0 saturated carbocycles. The Morgan fingerprint density at radius 1 is 1.32 bits per heavy atom. The monoisotopic (exact) mass is 261 g/mol. The maximum Gasteiger partial charge on any atom is 0.180 e. The quantitative estimate of drug-likeness (QED) is 0.651. The molecule has 2 heterocycles. The van der Waals surface area contributed by atoms with E-state index in [-0.39, 0.29) is 5.82 Å².